The van der Waals surface area contributed by atoms with Gasteiger partial charge in [-0.3, -0.25) is 4.79 Å². The molecule has 26 heavy (non-hydrogen) atoms. The fourth-order valence-electron chi connectivity index (χ4n) is 2.77. The monoisotopic (exact) mass is 405 g/mol. The highest BCUT2D eigenvalue weighted by Gasteiger charge is 2.28. The van der Waals surface area contributed by atoms with E-state index < -0.39 is 15.6 Å². The van der Waals surface area contributed by atoms with Crippen molar-refractivity contribution in [1.29, 1.82) is 0 Å². The molecule has 0 saturated carbocycles. The van der Waals surface area contributed by atoms with Crippen molar-refractivity contribution in [3.05, 3.63) is 28.8 Å². The molecule has 4 N–H and O–H groups in total. The minimum Gasteiger partial charge on any atom is -0.349 e. The molecule has 0 aliphatic heterocycles. The summed E-state index contributed by atoms with van der Waals surface area (Å²) in [5, 5.41) is 2.90. The van der Waals surface area contributed by atoms with Crippen LogP contribution in [0, 0.1) is 26.7 Å². The predicted octanol–water partition coefficient (Wildman–Crippen LogP) is 2.19. The van der Waals surface area contributed by atoms with Crippen LogP contribution in [0.3, 0.4) is 0 Å². The van der Waals surface area contributed by atoms with Gasteiger partial charge in [0.25, 0.3) is 0 Å². The summed E-state index contributed by atoms with van der Waals surface area (Å²) in [4.78, 5) is 12.4. The van der Waals surface area contributed by atoms with E-state index in [9.17, 15) is 13.2 Å². The summed E-state index contributed by atoms with van der Waals surface area (Å²) in [6.07, 6.45) is 0.0610. The zero-order chi connectivity index (χ0) is 19.4. The van der Waals surface area contributed by atoms with Crippen LogP contribution < -0.4 is 15.8 Å². The van der Waals surface area contributed by atoms with Crippen LogP contribution >= 0.6 is 12.4 Å². The lowest BCUT2D eigenvalue weighted by atomic mass is 9.88. The van der Waals surface area contributed by atoms with Gasteiger partial charge >= 0.3 is 0 Å². The third kappa shape index (κ3) is 6.23. The van der Waals surface area contributed by atoms with Gasteiger partial charge in [0.1, 0.15) is 0 Å². The van der Waals surface area contributed by atoms with Gasteiger partial charge in [-0.2, -0.15) is 0 Å². The first-order valence-corrected chi connectivity index (χ1v) is 10.00. The first kappa shape index (κ1) is 24.8. The number of benzene rings is 1. The minimum atomic E-state index is -3.65. The van der Waals surface area contributed by atoms with Gasteiger partial charge in [-0.15, -0.1) is 12.4 Å². The van der Waals surface area contributed by atoms with Crippen LogP contribution in [0.25, 0.3) is 0 Å². The molecule has 1 rings (SSSR count). The molecule has 1 unspecified atom stereocenters. The van der Waals surface area contributed by atoms with Crippen molar-refractivity contribution >= 4 is 28.3 Å². The Hall–Kier alpha value is -1.15. The number of aryl methyl sites for hydroxylation is 3. The molecule has 0 bridgehead atoms. The number of halogens is 1. The zero-order valence-corrected chi connectivity index (χ0v) is 18.1. The molecule has 0 heterocycles. The highest BCUT2D eigenvalue weighted by molar-refractivity contribution is 7.89. The summed E-state index contributed by atoms with van der Waals surface area (Å²) in [6, 6.07) is 3.67. The number of nitrogens with one attached hydrogen (secondary N) is 2. The molecule has 150 valence electrons. The quantitative estimate of drug-likeness (QED) is 0.616. The zero-order valence-electron chi connectivity index (χ0n) is 16.5. The van der Waals surface area contributed by atoms with Crippen molar-refractivity contribution in [2.75, 3.05) is 13.1 Å². The van der Waals surface area contributed by atoms with Gasteiger partial charge in [-0.25, -0.2) is 13.1 Å². The molecular weight excluding hydrogens is 374 g/mol. The Balaban J connectivity index is 0.00000625. The highest BCUT2D eigenvalue weighted by Crippen LogP contribution is 2.21. The molecule has 0 spiro atoms. The van der Waals surface area contributed by atoms with Crippen LogP contribution in [0.1, 0.15) is 43.9 Å². The van der Waals surface area contributed by atoms with Crippen molar-refractivity contribution in [2.24, 2.45) is 11.7 Å². The Morgan fingerprint density at radius 3 is 2.12 bits per heavy atom. The molecule has 0 aromatic heterocycles. The Morgan fingerprint density at radius 1 is 1.19 bits per heavy atom. The molecule has 6 nitrogen and oxygen atoms in total. The van der Waals surface area contributed by atoms with E-state index in [4.69, 9.17) is 5.73 Å². The maximum absolute atomic E-state index is 12.6. The Bertz CT molecular complexity index is 712. The van der Waals surface area contributed by atoms with Crippen LogP contribution in [0.4, 0.5) is 0 Å². The molecule has 1 aromatic rings. The molecule has 0 radical (unpaired) electrons. The number of sulfonamides is 1. The molecule has 8 heteroatoms. The molecule has 0 saturated heterocycles. The van der Waals surface area contributed by atoms with E-state index in [1.54, 1.807) is 13.8 Å². The van der Waals surface area contributed by atoms with Crippen LogP contribution in [0.2, 0.25) is 0 Å². The van der Waals surface area contributed by atoms with E-state index in [2.05, 4.69) is 10.0 Å². The van der Waals surface area contributed by atoms with Gasteiger partial charge in [0, 0.05) is 19.5 Å². The summed E-state index contributed by atoms with van der Waals surface area (Å²) < 4.78 is 27.6. The lowest BCUT2D eigenvalue weighted by Gasteiger charge is -2.33. The number of amides is 1. The Kier molecular flexibility index (Phi) is 9.26. The van der Waals surface area contributed by atoms with Crippen molar-refractivity contribution in [2.45, 2.75) is 58.4 Å². The fraction of sp³-hybridized carbons (Fsp3) is 0.611. The predicted molar refractivity (Wildman–Crippen MR) is 108 cm³/mol. The first-order chi connectivity index (χ1) is 11.4. The van der Waals surface area contributed by atoms with Gasteiger partial charge in [-0.05, 0) is 44.7 Å². The topological polar surface area (TPSA) is 101 Å². The van der Waals surface area contributed by atoms with Crippen molar-refractivity contribution in [1.82, 2.24) is 10.0 Å². The lowest BCUT2D eigenvalue weighted by molar-refractivity contribution is -0.123. The van der Waals surface area contributed by atoms with Gasteiger partial charge in [0.2, 0.25) is 15.9 Å². The summed E-state index contributed by atoms with van der Waals surface area (Å²) >= 11 is 0. The third-order valence-corrected chi connectivity index (χ3v) is 6.41. The van der Waals surface area contributed by atoms with Crippen LogP contribution in [-0.4, -0.2) is 33.0 Å². The second-order valence-electron chi connectivity index (χ2n) is 7.20. The number of nitrogens with two attached hydrogens (primary N) is 1. The van der Waals surface area contributed by atoms with Crippen molar-refractivity contribution in [3.63, 3.8) is 0 Å². The number of hydrogen-bond acceptors (Lipinski definition) is 4. The third-order valence-electron chi connectivity index (χ3n) is 4.64. The summed E-state index contributed by atoms with van der Waals surface area (Å²) in [7, 11) is -3.65. The van der Waals surface area contributed by atoms with Crippen LogP contribution in [0.15, 0.2) is 17.0 Å². The molecular formula is C18H32ClN3O3S. The van der Waals surface area contributed by atoms with Crippen LogP contribution in [-0.2, 0) is 14.8 Å². The van der Waals surface area contributed by atoms with Gasteiger partial charge < -0.3 is 11.1 Å². The summed E-state index contributed by atoms with van der Waals surface area (Å²) in [5.41, 5.74) is 7.66. The summed E-state index contributed by atoms with van der Waals surface area (Å²) in [6.45, 7) is 11.7. The van der Waals surface area contributed by atoms with E-state index in [1.165, 1.54) is 0 Å². The smallest absolute Gasteiger partial charge is 0.241 e. The Morgan fingerprint density at radius 2 is 1.69 bits per heavy atom. The molecule has 1 atom stereocenters. The van der Waals surface area contributed by atoms with Gasteiger partial charge in [0.15, 0.2) is 0 Å². The van der Waals surface area contributed by atoms with E-state index in [0.717, 1.165) is 5.56 Å². The maximum Gasteiger partial charge on any atom is 0.241 e. The standard InChI is InChI=1S/C18H31N3O3S.ClH/c1-12(2)18(6,11-19)21-16(22)7-8-20-25(23,24)17-14(4)9-13(3)10-15(17)5;/h9-10,12,20H,7-8,11,19H2,1-6H3,(H,21,22);1H. The first-order valence-electron chi connectivity index (χ1n) is 8.51. The van der Waals surface area contributed by atoms with E-state index >= 15 is 0 Å². The second-order valence-corrected chi connectivity index (χ2v) is 8.90. The number of hydrogen-bond donors (Lipinski definition) is 3. The normalized spacial score (nSPS) is 13.8. The van der Waals surface area contributed by atoms with Crippen molar-refractivity contribution < 1.29 is 13.2 Å². The Labute approximate surface area is 163 Å². The number of carbonyl (C=O) groups is 1. The van der Waals surface area contributed by atoms with Crippen LogP contribution in [0.5, 0.6) is 0 Å². The minimum absolute atomic E-state index is 0. The van der Waals surface area contributed by atoms with Gasteiger partial charge in [0.05, 0.1) is 10.4 Å². The molecule has 0 fully saturated rings. The highest BCUT2D eigenvalue weighted by atomic mass is 35.5. The van der Waals surface area contributed by atoms with E-state index in [1.807, 2.05) is 39.8 Å². The van der Waals surface area contributed by atoms with E-state index in [0.29, 0.717) is 17.7 Å². The second kappa shape index (κ2) is 9.69. The molecule has 0 aliphatic carbocycles. The number of rotatable bonds is 8. The SMILES string of the molecule is Cc1cc(C)c(S(=O)(=O)NCCC(=O)NC(C)(CN)C(C)C)c(C)c1.Cl. The average Bonchev–Trinajstić information content (AvgIpc) is 2.44. The molecule has 1 aromatic carbocycles. The fourth-order valence-corrected chi connectivity index (χ4v) is 4.25. The average molecular weight is 406 g/mol. The summed E-state index contributed by atoms with van der Waals surface area (Å²) in [5.74, 6) is -0.0438. The molecule has 1 amide bonds. The largest absolute Gasteiger partial charge is 0.349 e. The maximum atomic E-state index is 12.6. The van der Waals surface area contributed by atoms with Crippen molar-refractivity contribution in [3.8, 4) is 0 Å². The lowest BCUT2D eigenvalue weighted by Crippen LogP contribution is -2.55. The number of carbonyl (C=O) groups excluding carboxylic acids is 1. The van der Waals surface area contributed by atoms with E-state index in [-0.39, 0.29) is 42.1 Å². The van der Waals surface area contributed by atoms with Gasteiger partial charge in [-0.1, -0.05) is 31.5 Å². The molecule has 0 aliphatic rings.